The van der Waals surface area contributed by atoms with Crippen LogP contribution in [-0.4, -0.2) is 84.7 Å². The van der Waals surface area contributed by atoms with Gasteiger partial charge < -0.3 is 36.4 Å². The summed E-state index contributed by atoms with van der Waals surface area (Å²) in [5, 5.41) is 63.4. The number of phenolic OH excluding ortho intramolecular Hbond substituents is 1. The van der Waals surface area contributed by atoms with E-state index < -0.39 is 80.9 Å². The largest absolute Gasteiger partial charge is 0.508 e. The van der Waals surface area contributed by atoms with Crippen molar-refractivity contribution in [2.24, 2.45) is 17.6 Å². The number of likely N-dealkylation sites (N-methyl/N-ethyl adjacent to an activating group) is 1. The molecule has 0 heterocycles. The van der Waals surface area contributed by atoms with E-state index >= 15 is 0 Å². The molecule has 0 aliphatic heterocycles. The van der Waals surface area contributed by atoms with Gasteiger partial charge in [-0.15, -0.1) is 0 Å². The topological polar surface area (TPSA) is 219 Å². The number of primary amides is 1. The van der Waals surface area contributed by atoms with Gasteiger partial charge in [-0.25, -0.2) is 0 Å². The number of carboxylic acid groups (broad SMARTS) is 1. The molecule has 0 unspecified atom stereocenters. The first-order valence-corrected chi connectivity index (χ1v) is 18.6. The van der Waals surface area contributed by atoms with Gasteiger partial charge in [-0.2, -0.15) is 0 Å². The number of fused-ring (bicyclic) bond motifs is 3. The first-order chi connectivity index (χ1) is 24.5. The van der Waals surface area contributed by atoms with E-state index in [2.05, 4.69) is 19.1 Å². The predicted molar refractivity (Wildman–Crippen MR) is 197 cm³/mol. The van der Waals surface area contributed by atoms with E-state index in [0.717, 1.165) is 12.8 Å². The second-order valence-electron chi connectivity index (χ2n) is 14.7. The first-order valence-electron chi connectivity index (χ1n) is 18.6. The zero-order valence-corrected chi connectivity index (χ0v) is 31.1. The van der Waals surface area contributed by atoms with Crippen molar-refractivity contribution in [1.29, 1.82) is 0 Å². The van der Waals surface area contributed by atoms with Crippen LogP contribution in [0.4, 0.5) is 0 Å². The number of rotatable bonds is 17. The standard InChI is InChI=1S/C22H24N2O8.C18H34O2/c1-21(31)8-5-4-6-11(25)12(8)16(26)13-9(21)7-10-15(24(2)3)17(27)14(20(23)30)19(29)22(10,32)18(13)28;1-2-3-4-5-6-7-8-9-10-11-12-13-14-15-16-17-18(19)20/h4-6,9-10,15,25-26,29,31-32H,7H2,1-3H3,(H2,23,30);9-10H,2-8,11-17H2,1H3,(H,19,20)/b;10-9-/t9-,10-,15-,21+,22-;/m0./s1. The molecule has 4 rings (SSSR count). The Kier molecular flexibility index (Phi) is 15.2. The highest BCUT2D eigenvalue weighted by molar-refractivity contribution is 6.24. The highest BCUT2D eigenvalue weighted by atomic mass is 16.4. The Labute approximate surface area is 306 Å². The molecule has 0 aromatic heterocycles. The van der Waals surface area contributed by atoms with E-state index in [4.69, 9.17) is 10.8 Å². The van der Waals surface area contributed by atoms with Gasteiger partial charge in [-0.1, -0.05) is 82.6 Å². The van der Waals surface area contributed by atoms with Crippen LogP contribution in [0.2, 0.25) is 0 Å². The van der Waals surface area contributed by atoms with E-state index in [1.54, 1.807) is 0 Å². The molecule has 0 bridgehead atoms. The molecule has 3 aliphatic rings. The van der Waals surface area contributed by atoms with Gasteiger partial charge in [0.2, 0.25) is 5.78 Å². The summed E-state index contributed by atoms with van der Waals surface area (Å²) >= 11 is 0. The Hall–Kier alpha value is -4.00. The second kappa shape index (κ2) is 18.7. The number of carbonyl (C=O) groups excluding carboxylic acids is 3. The molecule has 8 N–H and O–H groups in total. The fourth-order valence-electron chi connectivity index (χ4n) is 7.85. The molecule has 288 valence electrons. The molecule has 12 heteroatoms. The van der Waals surface area contributed by atoms with Gasteiger partial charge >= 0.3 is 5.97 Å². The molecule has 1 aromatic rings. The number of ketones is 2. The number of amides is 1. The minimum Gasteiger partial charge on any atom is -0.508 e. The Bertz CT molecular complexity index is 1560. The molecule has 1 fully saturated rings. The van der Waals surface area contributed by atoms with Gasteiger partial charge in [0.05, 0.1) is 17.2 Å². The lowest BCUT2D eigenvalue weighted by atomic mass is 9.54. The molecule has 5 atom stereocenters. The number of nitrogens with zero attached hydrogens (tertiary/aromatic N) is 1. The molecule has 1 amide bonds. The summed E-state index contributed by atoms with van der Waals surface area (Å²) in [6.45, 7) is 3.66. The van der Waals surface area contributed by atoms with Crippen LogP contribution in [0.25, 0.3) is 5.76 Å². The van der Waals surface area contributed by atoms with E-state index in [9.17, 15) is 44.7 Å². The lowest BCUT2D eigenvalue weighted by Crippen LogP contribution is -2.67. The van der Waals surface area contributed by atoms with Crippen molar-refractivity contribution in [3.63, 3.8) is 0 Å². The maximum atomic E-state index is 13.7. The van der Waals surface area contributed by atoms with Gasteiger partial charge in [-0.3, -0.25) is 24.1 Å². The lowest BCUT2D eigenvalue weighted by Gasteiger charge is -2.53. The minimum absolute atomic E-state index is 0.170. The van der Waals surface area contributed by atoms with Crippen LogP contribution in [0.1, 0.15) is 121 Å². The third-order valence-corrected chi connectivity index (χ3v) is 10.7. The maximum absolute atomic E-state index is 13.7. The quantitative estimate of drug-likeness (QED) is 0.0583. The maximum Gasteiger partial charge on any atom is 0.303 e. The highest BCUT2D eigenvalue weighted by Gasteiger charge is 2.66. The van der Waals surface area contributed by atoms with Crippen molar-refractivity contribution in [3.8, 4) is 5.75 Å². The molecule has 3 aliphatic carbocycles. The van der Waals surface area contributed by atoms with Crippen LogP contribution in [0.3, 0.4) is 0 Å². The normalized spacial score (nSPS) is 25.5. The fourth-order valence-corrected chi connectivity index (χ4v) is 7.85. The van der Waals surface area contributed by atoms with E-state index in [0.29, 0.717) is 6.42 Å². The summed E-state index contributed by atoms with van der Waals surface area (Å²) in [6.07, 6.45) is 21.0. The van der Waals surface area contributed by atoms with Crippen LogP contribution in [0.5, 0.6) is 5.75 Å². The van der Waals surface area contributed by atoms with Crippen LogP contribution >= 0.6 is 0 Å². The number of aromatic hydroxyl groups is 1. The number of carbonyl (C=O) groups is 4. The molecule has 12 nitrogen and oxygen atoms in total. The van der Waals surface area contributed by atoms with E-state index in [-0.39, 0.29) is 17.5 Å². The summed E-state index contributed by atoms with van der Waals surface area (Å²) in [6, 6.07) is 3.02. The number of hydrogen-bond acceptors (Lipinski definition) is 10. The number of aliphatic hydroxyl groups excluding tert-OH is 2. The molecular formula is C40H58N2O10. The number of hydrogen-bond donors (Lipinski definition) is 7. The van der Waals surface area contributed by atoms with E-state index in [1.807, 2.05) is 0 Å². The monoisotopic (exact) mass is 726 g/mol. The average Bonchev–Trinajstić information content (AvgIpc) is 3.07. The molecule has 0 radical (unpaired) electrons. The third kappa shape index (κ3) is 9.13. The van der Waals surface area contributed by atoms with Crippen molar-refractivity contribution in [2.45, 2.75) is 127 Å². The number of phenols is 1. The smallest absolute Gasteiger partial charge is 0.303 e. The Morgan fingerprint density at radius 2 is 1.46 bits per heavy atom. The number of nitrogens with two attached hydrogens (primary N) is 1. The number of Topliss-reactive ketones (excluding diaryl/α,β-unsaturated/α-hetero) is 2. The van der Waals surface area contributed by atoms with Gasteiger partial charge in [-0.05, 0) is 71.2 Å². The highest BCUT2D eigenvalue weighted by Crippen LogP contribution is 2.57. The molecule has 52 heavy (non-hydrogen) atoms. The molecule has 0 saturated heterocycles. The number of unbranched alkanes of at least 4 members (excludes halogenated alkanes) is 11. The Morgan fingerprint density at radius 1 is 0.904 bits per heavy atom. The molecule has 0 spiro atoms. The summed E-state index contributed by atoms with van der Waals surface area (Å²) in [4.78, 5) is 50.3. The Balaban J connectivity index is 0.000000316. The third-order valence-electron chi connectivity index (χ3n) is 10.7. The van der Waals surface area contributed by atoms with Crippen LogP contribution < -0.4 is 5.73 Å². The molecule has 1 aromatic carbocycles. The molecular weight excluding hydrogens is 668 g/mol. The molecule has 1 saturated carbocycles. The zero-order chi connectivity index (χ0) is 38.8. The van der Waals surface area contributed by atoms with Crippen LogP contribution in [0, 0.1) is 11.8 Å². The van der Waals surface area contributed by atoms with Crippen molar-refractivity contribution in [2.75, 3.05) is 14.1 Å². The Morgan fingerprint density at radius 3 is 2.00 bits per heavy atom. The zero-order valence-electron chi connectivity index (χ0n) is 31.1. The van der Waals surface area contributed by atoms with Gasteiger partial charge in [0.25, 0.3) is 5.91 Å². The number of carboxylic acids is 1. The fraction of sp³-hybridized carbons (Fsp3) is 0.600. The number of allylic oxidation sites excluding steroid dienone is 2. The number of aliphatic carboxylic acids is 1. The second-order valence-corrected chi connectivity index (χ2v) is 14.7. The van der Waals surface area contributed by atoms with Crippen molar-refractivity contribution < 1.29 is 49.8 Å². The SMILES string of the molecule is CCCCCCCC/C=C\CCCCCCCC(=O)O.CN(C)[C@@H]1C(=O)C(C(N)=O)=C(O)[C@@]2(O)C(=O)C3=C(O)c4c(O)cccc4[C@@](C)(O)[C@H]3C[C@@H]12. The average molecular weight is 727 g/mol. The summed E-state index contributed by atoms with van der Waals surface area (Å²) < 4.78 is 0. The van der Waals surface area contributed by atoms with Crippen LogP contribution in [0.15, 0.2) is 47.3 Å². The van der Waals surface area contributed by atoms with Crippen molar-refractivity contribution in [1.82, 2.24) is 4.90 Å². The summed E-state index contributed by atoms with van der Waals surface area (Å²) in [5.74, 6) is -8.56. The van der Waals surface area contributed by atoms with Crippen molar-refractivity contribution in [3.05, 3.63) is 58.4 Å². The van der Waals surface area contributed by atoms with Gasteiger partial charge in [0.1, 0.15) is 22.8 Å². The van der Waals surface area contributed by atoms with E-state index in [1.165, 1.54) is 115 Å². The lowest BCUT2D eigenvalue weighted by molar-refractivity contribution is -0.159. The van der Waals surface area contributed by atoms with Gasteiger partial charge in [0.15, 0.2) is 11.4 Å². The van der Waals surface area contributed by atoms with Crippen molar-refractivity contribution >= 4 is 29.2 Å². The minimum atomic E-state index is -2.75. The van der Waals surface area contributed by atoms with Crippen LogP contribution in [-0.2, 0) is 24.8 Å². The predicted octanol–water partition coefficient (Wildman–Crippen LogP) is 5.74. The number of aliphatic hydroxyl groups is 4. The van der Waals surface area contributed by atoms with Gasteiger partial charge in [0, 0.05) is 23.8 Å². The first kappa shape index (κ1) is 42.4. The summed E-state index contributed by atoms with van der Waals surface area (Å²) in [7, 11) is 3.01. The summed E-state index contributed by atoms with van der Waals surface area (Å²) in [5.41, 5.74) is -0.548. The number of benzene rings is 1.